The summed E-state index contributed by atoms with van der Waals surface area (Å²) in [5, 5.41) is 9.96. The van der Waals surface area contributed by atoms with Crippen LogP contribution in [0.1, 0.15) is 43.7 Å². The van der Waals surface area contributed by atoms with Crippen molar-refractivity contribution >= 4 is 12.0 Å². The van der Waals surface area contributed by atoms with Crippen molar-refractivity contribution in [1.29, 1.82) is 0 Å². The minimum atomic E-state index is -0.731. The maximum absolute atomic E-state index is 13.7. The molecule has 1 heterocycles. The Labute approximate surface area is 193 Å². The molecule has 0 bridgehead atoms. The van der Waals surface area contributed by atoms with E-state index in [4.69, 9.17) is 18.9 Å². The second kappa shape index (κ2) is 11.3. The second-order valence-corrected chi connectivity index (χ2v) is 8.27. The lowest BCUT2D eigenvalue weighted by molar-refractivity contribution is -0.156. The summed E-state index contributed by atoms with van der Waals surface area (Å²) in [7, 11) is 3.17. The van der Waals surface area contributed by atoms with E-state index in [1.54, 1.807) is 32.4 Å². The molecule has 0 aromatic heterocycles. The topological polar surface area (TPSA) is 74.2 Å². The quantitative estimate of drug-likeness (QED) is 0.433. The van der Waals surface area contributed by atoms with Crippen LogP contribution in [0.15, 0.2) is 36.4 Å². The molecule has 0 amide bonds. The molecule has 0 unspecified atom stereocenters. The van der Waals surface area contributed by atoms with E-state index in [2.05, 4.69) is 13.8 Å². The first-order valence-corrected chi connectivity index (χ1v) is 11.0. The number of cyclic esters (lactones) is 1. The number of rotatable bonds is 9. The van der Waals surface area contributed by atoms with E-state index in [1.807, 2.05) is 12.1 Å². The Morgan fingerprint density at radius 2 is 1.94 bits per heavy atom. The van der Waals surface area contributed by atoms with Crippen LogP contribution in [0.25, 0.3) is 17.2 Å². The monoisotopic (exact) mass is 458 g/mol. The number of methoxy groups -OCH3 is 2. The number of aliphatic hydroxyl groups excluding tert-OH is 1. The lowest BCUT2D eigenvalue weighted by Gasteiger charge is -2.25. The highest BCUT2D eigenvalue weighted by Gasteiger charge is 2.26. The average Bonchev–Trinajstić information content (AvgIpc) is 2.77. The van der Waals surface area contributed by atoms with Gasteiger partial charge in [-0.3, -0.25) is 4.79 Å². The molecule has 0 spiro atoms. The van der Waals surface area contributed by atoms with Crippen molar-refractivity contribution in [2.24, 2.45) is 0 Å². The third-order valence-corrected chi connectivity index (χ3v) is 5.49. The van der Waals surface area contributed by atoms with Gasteiger partial charge in [-0.05, 0) is 46.9 Å². The molecule has 33 heavy (non-hydrogen) atoms. The summed E-state index contributed by atoms with van der Waals surface area (Å²) in [6, 6.07) is 8.12. The number of aliphatic hydroxyl groups is 1. The van der Waals surface area contributed by atoms with Crippen molar-refractivity contribution < 1.29 is 33.2 Å². The highest BCUT2D eigenvalue weighted by atomic mass is 19.1. The van der Waals surface area contributed by atoms with Crippen LogP contribution in [0.5, 0.6) is 11.5 Å². The Bertz CT molecular complexity index is 983. The molecule has 1 saturated heterocycles. The maximum Gasteiger partial charge on any atom is 0.309 e. The fourth-order valence-corrected chi connectivity index (χ4v) is 3.89. The van der Waals surface area contributed by atoms with Gasteiger partial charge in [-0.15, -0.1) is 0 Å². The predicted octanol–water partition coefficient (Wildman–Crippen LogP) is 4.73. The van der Waals surface area contributed by atoms with Crippen LogP contribution in [0.4, 0.5) is 4.39 Å². The zero-order valence-electron chi connectivity index (χ0n) is 19.5. The van der Waals surface area contributed by atoms with Gasteiger partial charge in [-0.2, -0.15) is 0 Å². The van der Waals surface area contributed by atoms with E-state index in [-0.39, 0.29) is 18.2 Å². The van der Waals surface area contributed by atoms with Crippen LogP contribution in [-0.2, 0) is 14.3 Å². The number of hydrogen-bond donors (Lipinski definition) is 1. The SMILES string of the molecule is COCCOc1c(OC)cc(C(C)C)c(C=C[C@@H]2C[C@@H](O)CC(=O)O2)c1-c1ccc(F)cc1. The van der Waals surface area contributed by atoms with Crippen LogP contribution in [-0.4, -0.2) is 50.7 Å². The first-order chi connectivity index (χ1) is 15.8. The summed E-state index contributed by atoms with van der Waals surface area (Å²) >= 11 is 0. The molecule has 3 rings (SSSR count). The molecule has 6 nitrogen and oxygen atoms in total. The minimum absolute atomic E-state index is 0.00242. The number of ether oxygens (including phenoxy) is 4. The van der Waals surface area contributed by atoms with Crippen LogP contribution in [0.3, 0.4) is 0 Å². The maximum atomic E-state index is 13.7. The van der Waals surface area contributed by atoms with E-state index in [0.717, 1.165) is 22.3 Å². The Morgan fingerprint density at radius 1 is 1.21 bits per heavy atom. The van der Waals surface area contributed by atoms with Gasteiger partial charge in [0.05, 0.1) is 26.2 Å². The van der Waals surface area contributed by atoms with Gasteiger partial charge in [0.15, 0.2) is 11.5 Å². The molecule has 178 valence electrons. The molecule has 2 atom stereocenters. The predicted molar refractivity (Wildman–Crippen MR) is 124 cm³/mol. The first-order valence-electron chi connectivity index (χ1n) is 11.0. The number of carbonyl (C=O) groups is 1. The highest BCUT2D eigenvalue weighted by Crippen LogP contribution is 2.45. The summed E-state index contributed by atoms with van der Waals surface area (Å²) in [5.41, 5.74) is 3.34. The molecule has 1 aliphatic rings. The van der Waals surface area contributed by atoms with E-state index in [0.29, 0.717) is 31.1 Å². The normalized spacial score (nSPS) is 18.6. The second-order valence-electron chi connectivity index (χ2n) is 8.27. The van der Waals surface area contributed by atoms with Crippen LogP contribution < -0.4 is 9.47 Å². The smallest absolute Gasteiger partial charge is 0.309 e. The van der Waals surface area contributed by atoms with Gasteiger partial charge in [0.2, 0.25) is 0 Å². The molecular formula is C26H31FO6. The number of carbonyl (C=O) groups excluding carboxylic acids is 1. The summed E-state index contributed by atoms with van der Waals surface area (Å²) in [4.78, 5) is 11.8. The van der Waals surface area contributed by atoms with Crippen LogP contribution in [0, 0.1) is 5.82 Å². The molecule has 2 aromatic carbocycles. The van der Waals surface area contributed by atoms with Gasteiger partial charge in [0.1, 0.15) is 18.5 Å². The van der Waals surface area contributed by atoms with Crippen molar-refractivity contribution in [3.63, 3.8) is 0 Å². The van der Waals surface area contributed by atoms with E-state index < -0.39 is 18.2 Å². The Kier molecular flexibility index (Phi) is 8.47. The van der Waals surface area contributed by atoms with Gasteiger partial charge < -0.3 is 24.1 Å². The molecule has 1 N–H and O–H groups in total. The van der Waals surface area contributed by atoms with E-state index in [9.17, 15) is 14.3 Å². The first kappa shape index (κ1) is 24.7. The molecule has 2 aromatic rings. The number of benzene rings is 2. The lowest BCUT2D eigenvalue weighted by atomic mass is 9.88. The molecular weight excluding hydrogens is 427 g/mol. The number of hydrogen-bond acceptors (Lipinski definition) is 6. The fourth-order valence-electron chi connectivity index (χ4n) is 3.89. The van der Waals surface area contributed by atoms with Gasteiger partial charge in [-0.1, -0.05) is 32.1 Å². The van der Waals surface area contributed by atoms with Crippen molar-refractivity contribution in [2.45, 2.75) is 44.8 Å². The van der Waals surface area contributed by atoms with Crippen molar-refractivity contribution in [3.05, 3.63) is 53.4 Å². The number of halogens is 1. The lowest BCUT2D eigenvalue weighted by Crippen LogP contribution is -2.31. The van der Waals surface area contributed by atoms with Gasteiger partial charge >= 0.3 is 5.97 Å². The van der Waals surface area contributed by atoms with Crippen molar-refractivity contribution in [1.82, 2.24) is 0 Å². The van der Waals surface area contributed by atoms with Crippen LogP contribution >= 0.6 is 0 Å². The largest absolute Gasteiger partial charge is 0.493 e. The zero-order chi connectivity index (χ0) is 24.0. The Morgan fingerprint density at radius 3 is 2.55 bits per heavy atom. The molecule has 0 saturated carbocycles. The minimum Gasteiger partial charge on any atom is -0.493 e. The van der Waals surface area contributed by atoms with Crippen molar-refractivity contribution in [2.75, 3.05) is 27.4 Å². The molecule has 1 aliphatic heterocycles. The third kappa shape index (κ3) is 6.12. The summed E-state index contributed by atoms with van der Waals surface area (Å²) in [6.07, 6.45) is 2.72. The zero-order valence-corrected chi connectivity index (χ0v) is 19.5. The highest BCUT2D eigenvalue weighted by molar-refractivity contribution is 5.85. The van der Waals surface area contributed by atoms with Gasteiger partial charge in [0.25, 0.3) is 0 Å². The third-order valence-electron chi connectivity index (χ3n) is 5.49. The van der Waals surface area contributed by atoms with E-state index in [1.165, 1.54) is 12.1 Å². The van der Waals surface area contributed by atoms with Gasteiger partial charge in [-0.25, -0.2) is 4.39 Å². The molecule has 1 fully saturated rings. The molecule has 7 heteroatoms. The molecule has 0 radical (unpaired) electrons. The summed E-state index contributed by atoms with van der Waals surface area (Å²) in [6.45, 7) is 4.82. The van der Waals surface area contributed by atoms with Crippen LogP contribution in [0.2, 0.25) is 0 Å². The summed E-state index contributed by atoms with van der Waals surface area (Å²) in [5.74, 6) is 0.444. The number of esters is 1. The Hall–Kier alpha value is -2.90. The van der Waals surface area contributed by atoms with E-state index >= 15 is 0 Å². The standard InChI is InChI=1S/C26H31FO6/c1-16(2)22-15-23(31-4)26(32-12-11-30-3)25(17-5-7-18(27)8-6-17)21(22)10-9-20-13-19(28)14-24(29)33-20/h5-10,15-16,19-20,28H,11-14H2,1-4H3/t19-,20-/m1/s1. The van der Waals surface area contributed by atoms with Gasteiger partial charge in [0, 0.05) is 19.1 Å². The Balaban J connectivity index is 2.19. The molecule has 0 aliphatic carbocycles. The summed E-state index contributed by atoms with van der Waals surface area (Å²) < 4.78 is 36.0. The van der Waals surface area contributed by atoms with Crippen molar-refractivity contribution in [3.8, 4) is 22.6 Å². The fraction of sp³-hybridized carbons (Fsp3) is 0.423. The average molecular weight is 459 g/mol.